The van der Waals surface area contributed by atoms with E-state index in [4.69, 9.17) is 0 Å². The van der Waals surface area contributed by atoms with Crippen molar-refractivity contribution in [3.63, 3.8) is 0 Å². The minimum atomic E-state index is -1.28. The number of hydrogen-bond acceptors (Lipinski definition) is 4. The number of hydrogen-bond donors (Lipinski definition) is 1. The normalized spacial score (nSPS) is 15.0. The zero-order valence-electron chi connectivity index (χ0n) is 16.0. The van der Waals surface area contributed by atoms with Gasteiger partial charge in [-0.05, 0) is 18.2 Å². The number of rotatable bonds is 4. The largest absolute Gasteiger partial charge is 0.340 e. The Hall–Kier alpha value is -3.20. The van der Waals surface area contributed by atoms with Gasteiger partial charge in [-0.1, -0.05) is 12.1 Å². The van der Waals surface area contributed by atoms with Crippen molar-refractivity contribution < 1.29 is 18.0 Å². The monoisotopic (exact) mass is 416 g/mol. The molecular formula is C21H19F3N4O2. The minimum absolute atomic E-state index is 0.167. The standard InChI is InChI=1S/C21H19F3N4O2/c22-15-11-17(24)16(23)9-13(15)10-20(29)28-7-5-27(6-8-28)12-19-25-18-4-2-1-3-14(18)21(30)26-19/h1-4,9,11H,5-8,10,12H2,(H,25,26,30). The molecular weight excluding hydrogens is 397 g/mol. The molecule has 0 atom stereocenters. The Morgan fingerprint density at radius 3 is 2.47 bits per heavy atom. The van der Waals surface area contributed by atoms with Gasteiger partial charge in [0.05, 0.1) is 23.9 Å². The van der Waals surface area contributed by atoms with Gasteiger partial charge in [-0.2, -0.15) is 0 Å². The fourth-order valence-corrected chi connectivity index (χ4v) is 3.55. The van der Waals surface area contributed by atoms with E-state index in [0.717, 1.165) is 6.07 Å². The second kappa shape index (κ2) is 8.27. The molecule has 1 amide bonds. The van der Waals surface area contributed by atoms with Crippen molar-refractivity contribution in [3.8, 4) is 0 Å². The first-order valence-electron chi connectivity index (χ1n) is 9.52. The van der Waals surface area contributed by atoms with Crippen molar-refractivity contribution in [1.82, 2.24) is 19.8 Å². The molecule has 1 saturated heterocycles. The number of nitrogens with one attached hydrogen (secondary N) is 1. The summed E-state index contributed by atoms with van der Waals surface area (Å²) in [6, 6.07) is 8.27. The predicted molar refractivity (Wildman–Crippen MR) is 104 cm³/mol. The van der Waals surface area contributed by atoms with E-state index in [1.54, 1.807) is 23.1 Å². The average molecular weight is 416 g/mol. The zero-order chi connectivity index (χ0) is 21.3. The molecule has 0 spiro atoms. The van der Waals surface area contributed by atoms with Crippen LogP contribution in [0.1, 0.15) is 11.4 Å². The van der Waals surface area contributed by atoms with Gasteiger partial charge in [-0.3, -0.25) is 14.5 Å². The van der Waals surface area contributed by atoms with Gasteiger partial charge in [-0.25, -0.2) is 18.2 Å². The van der Waals surface area contributed by atoms with E-state index in [0.29, 0.717) is 55.5 Å². The average Bonchev–Trinajstić information content (AvgIpc) is 2.72. The predicted octanol–water partition coefficient (Wildman–Crippen LogP) is 2.23. The number of halogens is 3. The number of nitrogens with zero attached hydrogens (tertiary/aromatic N) is 3. The maximum Gasteiger partial charge on any atom is 0.258 e. The lowest BCUT2D eigenvalue weighted by Gasteiger charge is -2.34. The maximum atomic E-state index is 13.8. The molecule has 3 aromatic rings. The van der Waals surface area contributed by atoms with Gasteiger partial charge in [0.2, 0.25) is 5.91 Å². The maximum absolute atomic E-state index is 13.8. The number of H-pyrrole nitrogens is 1. The Kier molecular flexibility index (Phi) is 5.54. The molecule has 1 aliphatic rings. The number of para-hydroxylation sites is 1. The van der Waals surface area contributed by atoms with Gasteiger partial charge in [0, 0.05) is 37.8 Å². The molecule has 4 rings (SSSR count). The van der Waals surface area contributed by atoms with Gasteiger partial charge in [0.25, 0.3) is 5.56 Å². The summed E-state index contributed by atoms with van der Waals surface area (Å²) >= 11 is 0. The Morgan fingerprint density at radius 1 is 1.00 bits per heavy atom. The van der Waals surface area contributed by atoms with Crippen LogP contribution in [0.5, 0.6) is 0 Å². The lowest BCUT2D eigenvalue weighted by Crippen LogP contribution is -2.49. The third-order valence-corrected chi connectivity index (χ3v) is 5.19. The Bertz CT molecular complexity index is 1160. The molecule has 156 valence electrons. The van der Waals surface area contributed by atoms with Crippen molar-refractivity contribution in [2.45, 2.75) is 13.0 Å². The van der Waals surface area contributed by atoms with E-state index in [1.165, 1.54) is 0 Å². The summed E-state index contributed by atoms with van der Waals surface area (Å²) in [5.41, 5.74) is 0.260. The van der Waals surface area contributed by atoms with Crippen LogP contribution in [0.25, 0.3) is 10.9 Å². The Balaban J connectivity index is 1.36. The van der Waals surface area contributed by atoms with Gasteiger partial charge < -0.3 is 9.88 Å². The molecule has 1 aromatic heterocycles. The molecule has 9 heteroatoms. The van der Waals surface area contributed by atoms with E-state index in [-0.39, 0.29) is 23.5 Å². The summed E-state index contributed by atoms with van der Waals surface area (Å²) in [5, 5.41) is 0.529. The quantitative estimate of drug-likeness (QED) is 0.663. The first kappa shape index (κ1) is 20.1. The number of fused-ring (bicyclic) bond motifs is 1. The van der Waals surface area contributed by atoms with Crippen LogP contribution in [-0.4, -0.2) is 51.9 Å². The summed E-state index contributed by atoms with van der Waals surface area (Å²) in [4.78, 5) is 35.5. The lowest BCUT2D eigenvalue weighted by atomic mass is 10.1. The van der Waals surface area contributed by atoms with Gasteiger partial charge in [0.15, 0.2) is 11.6 Å². The highest BCUT2D eigenvalue weighted by atomic mass is 19.2. The number of carbonyl (C=O) groups is 1. The van der Waals surface area contributed by atoms with Crippen molar-refractivity contribution in [2.24, 2.45) is 0 Å². The van der Waals surface area contributed by atoms with Crippen LogP contribution in [0.4, 0.5) is 13.2 Å². The smallest absolute Gasteiger partial charge is 0.258 e. The molecule has 6 nitrogen and oxygen atoms in total. The summed E-state index contributed by atoms with van der Waals surface area (Å²) in [6.45, 7) is 2.33. The van der Waals surface area contributed by atoms with Crippen molar-refractivity contribution in [2.75, 3.05) is 26.2 Å². The van der Waals surface area contributed by atoms with E-state index in [9.17, 15) is 22.8 Å². The SMILES string of the molecule is O=C(Cc1cc(F)c(F)cc1F)N1CCN(Cc2nc3ccccc3c(=O)[nH]2)CC1. The molecule has 0 saturated carbocycles. The van der Waals surface area contributed by atoms with Crippen LogP contribution < -0.4 is 5.56 Å². The summed E-state index contributed by atoms with van der Waals surface area (Å²) in [7, 11) is 0. The van der Waals surface area contributed by atoms with E-state index in [1.807, 2.05) is 6.07 Å². The van der Waals surface area contributed by atoms with Crippen LogP contribution >= 0.6 is 0 Å². The van der Waals surface area contributed by atoms with Crippen LogP contribution in [-0.2, 0) is 17.8 Å². The van der Waals surface area contributed by atoms with E-state index in [2.05, 4.69) is 14.9 Å². The lowest BCUT2D eigenvalue weighted by molar-refractivity contribution is -0.132. The van der Waals surface area contributed by atoms with E-state index >= 15 is 0 Å². The zero-order valence-corrected chi connectivity index (χ0v) is 16.0. The molecule has 0 aliphatic carbocycles. The van der Waals surface area contributed by atoms with Gasteiger partial charge in [0.1, 0.15) is 11.6 Å². The second-order valence-corrected chi connectivity index (χ2v) is 7.22. The van der Waals surface area contributed by atoms with E-state index < -0.39 is 17.5 Å². The fourth-order valence-electron chi connectivity index (χ4n) is 3.55. The van der Waals surface area contributed by atoms with Gasteiger partial charge in [-0.15, -0.1) is 0 Å². The van der Waals surface area contributed by atoms with Crippen LogP contribution in [0.3, 0.4) is 0 Å². The molecule has 1 fully saturated rings. The number of piperazine rings is 1. The first-order chi connectivity index (χ1) is 14.4. The Morgan fingerprint density at radius 2 is 1.70 bits per heavy atom. The highest BCUT2D eigenvalue weighted by Crippen LogP contribution is 2.16. The number of benzene rings is 2. The summed E-state index contributed by atoms with van der Waals surface area (Å²) in [6.07, 6.45) is -0.331. The highest BCUT2D eigenvalue weighted by molar-refractivity contribution is 5.79. The third-order valence-electron chi connectivity index (χ3n) is 5.19. The van der Waals surface area contributed by atoms with Crippen molar-refractivity contribution >= 4 is 16.8 Å². The molecule has 0 bridgehead atoms. The van der Waals surface area contributed by atoms with Crippen LogP contribution in [0.15, 0.2) is 41.2 Å². The van der Waals surface area contributed by atoms with Crippen molar-refractivity contribution in [3.05, 3.63) is 75.6 Å². The minimum Gasteiger partial charge on any atom is -0.340 e. The van der Waals surface area contributed by atoms with Crippen LogP contribution in [0.2, 0.25) is 0 Å². The number of amides is 1. The molecule has 30 heavy (non-hydrogen) atoms. The number of aromatic amines is 1. The first-order valence-corrected chi connectivity index (χ1v) is 9.52. The summed E-state index contributed by atoms with van der Waals surface area (Å²) < 4.78 is 40.2. The Labute approximate surface area is 169 Å². The second-order valence-electron chi connectivity index (χ2n) is 7.22. The number of aromatic nitrogens is 2. The van der Waals surface area contributed by atoms with Crippen molar-refractivity contribution in [1.29, 1.82) is 0 Å². The highest BCUT2D eigenvalue weighted by Gasteiger charge is 2.23. The fraction of sp³-hybridized carbons (Fsp3) is 0.286. The molecule has 2 aromatic carbocycles. The molecule has 2 heterocycles. The van der Waals surface area contributed by atoms with Crippen LogP contribution in [0, 0.1) is 17.5 Å². The molecule has 1 aliphatic heterocycles. The molecule has 0 unspecified atom stereocenters. The molecule has 1 N–H and O–H groups in total. The summed E-state index contributed by atoms with van der Waals surface area (Å²) in [5.74, 6) is -3.20. The number of carbonyl (C=O) groups excluding carboxylic acids is 1. The van der Waals surface area contributed by atoms with Gasteiger partial charge >= 0.3 is 0 Å². The topological polar surface area (TPSA) is 69.3 Å². The molecule has 0 radical (unpaired) electrons. The third kappa shape index (κ3) is 4.20.